The van der Waals surface area contributed by atoms with Crippen LogP contribution in [0.5, 0.6) is 5.75 Å². The van der Waals surface area contributed by atoms with Crippen LogP contribution in [0.4, 0.5) is 18.0 Å². The van der Waals surface area contributed by atoms with E-state index in [9.17, 15) is 32.9 Å². The molecule has 32 heavy (non-hydrogen) atoms. The second kappa shape index (κ2) is 10.4. The van der Waals surface area contributed by atoms with E-state index in [2.05, 4.69) is 19.0 Å². The van der Waals surface area contributed by atoms with Gasteiger partial charge in [0.25, 0.3) is 5.09 Å². The lowest BCUT2D eigenvalue weighted by atomic mass is 9.99. The first-order valence-electron chi connectivity index (χ1n) is 8.91. The molecule has 2 unspecified atom stereocenters. The number of fused-ring (bicyclic) bond motifs is 1. The van der Waals surface area contributed by atoms with Crippen molar-refractivity contribution in [1.82, 2.24) is 0 Å². The van der Waals surface area contributed by atoms with E-state index in [1.807, 2.05) is 0 Å². The Balaban J connectivity index is 1.96. The Morgan fingerprint density at radius 2 is 1.97 bits per heavy atom. The molecule has 0 saturated carbocycles. The molecule has 2 atom stereocenters. The van der Waals surface area contributed by atoms with Crippen LogP contribution < -0.4 is 4.74 Å². The smallest absolute Gasteiger partial charge is 0.475 e. The first kappa shape index (κ1) is 25.0. The maximum absolute atomic E-state index is 13.4. The zero-order valence-electron chi connectivity index (χ0n) is 16.6. The van der Waals surface area contributed by atoms with Gasteiger partial charge in [-0.25, -0.2) is 9.59 Å². The van der Waals surface area contributed by atoms with Gasteiger partial charge in [-0.3, -0.25) is 0 Å². The lowest BCUT2D eigenvalue weighted by Gasteiger charge is -2.28. The average Bonchev–Trinajstić information content (AvgIpc) is 2.65. The highest BCUT2D eigenvalue weighted by atomic mass is 35.5. The minimum absolute atomic E-state index is 0.0330. The number of ether oxygens (including phenoxy) is 4. The molecular formula is C18H17ClF3NO9. The normalized spacial score (nSPS) is 16.1. The molecule has 2 rings (SSSR count). The van der Waals surface area contributed by atoms with Gasteiger partial charge in [0.05, 0.1) is 12.2 Å². The number of rotatable bonds is 8. The Hall–Kier alpha value is -3.22. The number of hydrogen-bond acceptors (Lipinski definition) is 9. The second-order valence-electron chi connectivity index (χ2n) is 6.50. The molecule has 176 valence electrons. The molecule has 0 N–H and O–H groups in total. The summed E-state index contributed by atoms with van der Waals surface area (Å²) in [6.07, 6.45) is -8.79. The molecule has 10 nitrogen and oxygen atoms in total. The van der Waals surface area contributed by atoms with Gasteiger partial charge in [-0.05, 0) is 37.6 Å². The van der Waals surface area contributed by atoms with Crippen molar-refractivity contribution < 1.29 is 51.6 Å². The van der Waals surface area contributed by atoms with Gasteiger partial charge in [-0.15, -0.1) is 10.1 Å². The predicted octanol–water partition coefficient (Wildman–Crippen LogP) is 4.00. The van der Waals surface area contributed by atoms with Gasteiger partial charge in [0, 0.05) is 17.0 Å². The molecule has 0 spiro atoms. The summed E-state index contributed by atoms with van der Waals surface area (Å²) in [5, 5.41) is 9.36. The van der Waals surface area contributed by atoms with Crippen LogP contribution in [0, 0.1) is 17.0 Å². The summed E-state index contributed by atoms with van der Waals surface area (Å²) in [6.45, 7) is 1.51. The van der Waals surface area contributed by atoms with Crippen LogP contribution in [-0.2, 0) is 23.8 Å². The quantitative estimate of drug-likeness (QED) is 0.233. The van der Waals surface area contributed by atoms with Crippen LogP contribution in [-0.4, -0.2) is 49.0 Å². The maximum atomic E-state index is 13.4. The third kappa shape index (κ3) is 6.90. The third-order valence-electron chi connectivity index (χ3n) is 4.01. The summed E-state index contributed by atoms with van der Waals surface area (Å²) in [7, 11) is 0. The molecule has 1 heterocycles. The molecule has 1 aliphatic rings. The molecule has 0 radical (unpaired) electrons. The maximum Gasteiger partial charge on any atom is 0.511 e. The van der Waals surface area contributed by atoms with Gasteiger partial charge in [0.2, 0.25) is 12.9 Å². The van der Waals surface area contributed by atoms with Crippen LogP contribution in [0.1, 0.15) is 24.5 Å². The number of aryl methyl sites for hydroxylation is 1. The van der Waals surface area contributed by atoms with E-state index < -0.39 is 48.0 Å². The van der Waals surface area contributed by atoms with Crippen molar-refractivity contribution in [3.8, 4) is 5.75 Å². The van der Waals surface area contributed by atoms with Crippen LogP contribution in [0.3, 0.4) is 0 Å². The van der Waals surface area contributed by atoms with Crippen molar-refractivity contribution in [2.75, 3.05) is 13.4 Å². The van der Waals surface area contributed by atoms with Gasteiger partial charge < -0.3 is 23.8 Å². The zero-order valence-corrected chi connectivity index (χ0v) is 17.4. The van der Waals surface area contributed by atoms with Gasteiger partial charge in [-0.1, -0.05) is 11.6 Å². The highest BCUT2D eigenvalue weighted by Gasteiger charge is 2.49. The fourth-order valence-electron chi connectivity index (χ4n) is 2.62. The van der Waals surface area contributed by atoms with Crippen molar-refractivity contribution in [2.45, 2.75) is 38.7 Å². The van der Waals surface area contributed by atoms with Crippen LogP contribution >= 0.6 is 11.6 Å². The monoisotopic (exact) mass is 483 g/mol. The SMILES string of the molecule is Cc1cc(Cl)cc2c1OC(C(F)(F)F)C(C(=O)OCOC(=O)OCCC(C)O[N+](=O)[O-])=C2. The molecular weight excluding hydrogens is 467 g/mol. The summed E-state index contributed by atoms with van der Waals surface area (Å²) >= 11 is 5.90. The van der Waals surface area contributed by atoms with E-state index in [0.29, 0.717) is 5.56 Å². The highest BCUT2D eigenvalue weighted by Crippen LogP contribution is 2.40. The van der Waals surface area contributed by atoms with Gasteiger partial charge in [-0.2, -0.15) is 13.2 Å². The minimum atomic E-state index is -4.93. The zero-order chi connectivity index (χ0) is 24.1. The molecule has 0 fully saturated rings. The summed E-state index contributed by atoms with van der Waals surface area (Å²) < 4.78 is 58.9. The van der Waals surface area contributed by atoms with Crippen LogP contribution in [0.2, 0.25) is 5.02 Å². The number of esters is 1. The molecule has 1 aliphatic heterocycles. The van der Waals surface area contributed by atoms with Crippen molar-refractivity contribution in [3.63, 3.8) is 0 Å². The molecule has 0 amide bonds. The minimum Gasteiger partial charge on any atom is -0.475 e. The number of nitrogens with zero attached hydrogens (tertiary/aromatic N) is 1. The molecule has 0 aromatic heterocycles. The van der Waals surface area contributed by atoms with Crippen molar-refractivity contribution in [2.24, 2.45) is 0 Å². The predicted molar refractivity (Wildman–Crippen MR) is 100 cm³/mol. The number of carbonyl (C=O) groups is 2. The summed E-state index contributed by atoms with van der Waals surface area (Å²) in [5.41, 5.74) is -0.377. The second-order valence-corrected chi connectivity index (χ2v) is 6.94. The first-order valence-corrected chi connectivity index (χ1v) is 9.29. The van der Waals surface area contributed by atoms with Gasteiger partial charge >= 0.3 is 18.3 Å². The summed E-state index contributed by atoms with van der Waals surface area (Å²) in [4.78, 5) is 38.0. The number of benzene rings is 1. The molecule has 0 saturated heterocycles. The number of carbonyl (C=O) groups excluding carboxylic acids is 2. The fourth-order valence-corrected chi connectivity index (χ4v) is 2.90. The number of halogens is 4. The van der Waals surface area contributed by atoms with E-state index in [4.69, 9.17) is 16.3 Å². The summed E-state index contributed by atoms with van der Waals surface area (Å²) in [6, 6.07) is 2.73. The Bertz CT molecular complexity index is 920. The average molecular weight is 484 g/mol. The van der Waals surface area contributed by atoms with E-state index in [1.54, 1.807) is 0 Å². The Labute approximate surface area is 183 Å². The molecule has 0 bridgehead atoms. The molecule has 1 aromatic carbocycles. The highest BCUT2D eigenvalue weighted by molar-refractivity contribution is 6.30. The lowest BCUT2D eigenvalue weighted by Crippen LogP contribution is -2.41. The molecule has 14 heteroatoms. The van der Waals surface area contributed by atoms with Gasteiger partial charge in [0.1, 0.15) is 11.9 Å². The Kier molecular flexibility index (Phi) is 8.14. The van der Waals surface area contributed by atoms with Crippen LogP contribution in [0.15, 0.2) is 17.7 Å². The van der Waals surface area contributed by atoms with Crippen molar-refractivity contribution >= 4 is 29.8 Å². The van der Waals surface area contributed by atoms with Crippen molar-refractivity contribution in [1.29, 1.82) is 0 Å². The number of hydrogen-bond donors (Lipinski definition) is 0. The summed E-state index contributed by atoms with van der Waals surface area (Å²) in [5.74, 6) is -1.51. The van der Waals surface area contributed by atoms with Crippen LogP contribution in [0.25, 0.3) is 6.08 Å². The lowest BCUT2D eigenvalue weighted by molar-refractivity contribution is -0.767. The van der Waals surface area contributed by atoms with E-state index in [1.165, 1.54) is 26.0 Å². The number of alkyl halides is 3. The Morgan fingerprint density at radius 1 is 1.28 bits per heavy atom. The largest absolute Gasteiger partial charge is 0.511 e. The van der Waals surface area contributed by atoms with Gasteiger partial charge in [0.15, 0.2) is 0 Å². The van der Waals surface area contributed by atoms with E-state index >= 15 is 0 Å². The third-order valence-corrected chi connectivity index (χ3v) is 4.23. The molecule has 1 aromatic rings. The standard InChI is InChI=1S/C18H17ClF3NO9/c1-9-5-12(19)6-11-7-13(15(18(20,21)22)31-14(9)11)16(24)29-8-30-17(25)28-4-3-10(2)32-23(26)27/h5-7,10,15H,3-4,8H2,1-2H3. The topological polar surface area (TPSA) is 123 Å². The fraction of sp³-hybridized carbons (Fsp3) is 0.444. The van der Waals surface area contributed by atoms with Crippen molar-refractivity contribution in [3.05, 3.63) is 44.0 Å². The Morgan fingerprint density at radius 3 is 2.59 bits per heavy atom. The first-order chi connectivity index (χ1) is 14.9. The van der Waals surface area contributed by atoms with E-state index in [-0.39, 0.29) is 29.4 Å². The van der Waals surface area contributed by atoms with E-state index in [0.717, 1.165) is 6.08 Å². The molecule has 0 aliphatic carbocycles.